The van der Waals surface area contributed by atoms with Crippen LogP contribution in [0.15, 0.2) is 5.51 Å². The van der Waals surface area contributed by atoms with Gasteiger partial charge in [-0.2, -0.15) is 0 Å². The molecule has 0 radical (unpaired) electrons. The maximum absolute atomic E-state index is 5.64. The van der Waals surface area contributed by atoms with Crippen LogP contribution in [-0.4, -0.2) is 30.8 Å². The first kappa shape index (κ1) is 14.0. The van der Waals surface area contributed by atoms with Crippen LogP contribution in [0.4, 0.5) is 0 Å². The zero-order valence-corrected chi connectivity index (χ0v) is 12.5. The number of nitrogens with one attached hydrogen (secondary N) is 1. The molecule has 1 N–H and O–H groups in total. The summed E-state index contributed by atoms with van der Waals surface area (Å²) in [5.74, 6) is 0. The SMILES string of the molecule is Cc1ncsc1CCC1(CNC(C)C)CCOC1. The summed E-state index contributed by atoms with van der Waals surface area (Å²) in [6.07, 6.45) is 3.53. The Bertz CT molecular complexity index is 370. The molecule has 1 saturated heterocycles. The van der Waals surface area contributed by atoms with E-state index in [2.05, 4.69) is 31.1 Å². The second kappa shape index (κ2) is 6.13. The van der Waals surface area contributed by atoms with Gasteiger partial charge in [-0.05, 0) is 26.2 Å². The molecule has 4 heteroatoms. The highest BCUT2D eigenvalue weighted by molar-refractivity contribution is 7.09. The molecule has 1 unspecified atom stereocenters. The molecule has 3 nitrogen and oxygen atoms in total. The van der Waals surface area contributed by atoms with Gasteiger partial charge in [0.15, 0.2) is 0 Å². The van der Waals surface area contributed by atoms with E-state index < -0.39 is 0 Å². The third-order valence-corrected chi connectivity index (χ3v) is 4.79. The van der Waals surface area contributed by atoms with Crippen LogP contribution in [0.5, 0.6) is 0 Å². The maximum atomic E-state index is 5.64. The number of aromatic nitrogens is 1. The first-order chi connectivity index (χ1) is 8.61. The lowest BCUT2D eigenvalue weighted by Gasteiger charge is -2.28. The van der Waals surface area contributed by atoms with Crippen molar-refractivity contribution in [2.45, 2.75) is 46.1 Å². The lowest BCUT2D eigenvalue weighted by molar-refractivity contribution is 0.142. The lowest BCUT2D eigenvalue weighted by atomic mass is 9.82. The average molecular weight is 268 g/mol. The molecule has 1 aliphatic heterocycles. The van der Waals surface area contributed by atoms with Crippen molar-refractivity contribution in [2.24, 2.45) is 5.41 Å². The van der Waals surface area contributed by atoms with Gasteiger partial charge in [0.25, 0.3) is 0 Å². The quantitative estimate of drug-likeness (QED) is 0.861. The van der Waals surface area contributed by atoms with Gasteiger partial charge in [0.05, 0.1) is 17.8 Å². The van der Waals surface area contributed by atoms with Crippen molar-refractivity contribution < 1.29 is 4.74 Å². The Morgan fingerprint density at radius 3 is 2.94 bits per heavy atom. The number of nitrogens with zero attached hydrogens (tertiary/aromatic N) is 1. The predicted octanol–water partition coefficient (Wildman–Crippen LogP) is 2.79. The summed E-state index contributed by atoms with van der Waals surface area (Å²) in [7, 11) is 0. The van der Waals surface area contributed by atoms with Crippen LogP contribution in [0, 0.1) is 12.3 Å². The molecule has 0 spiro atoms. The second-order valence-corrected chi connectivity index (χ2v) is 6.64. The summed E-state index contributed by atoms with van der Waals surface area (Å²) in [6.45, 7) is 9.41. The van der Waals surface area contributed by atoms with Crippen LogP contribution in [0.1, 0.15) is 37.3 Å². The lowest BCUT2D eigenvalue weighted by Crippen LogP contribution is -2.38. The van der Waals surface area contributed by atoms with Gasteiger partial charge in [0.2, 0.25) is 0 Å². The van der Waals surface area contributed by atoms with Crippen molar-refractivity contribution in [1.82, 2.24) is 10.3 Å². The highest BCUT2D eigenvalue weighted by Gasteiger charge is 2.34. The third-order valence-electron chi connectivity index (χ3n) is 3.80. The molecule has 0 saturated carbocycles. The van der Waals surface area contributed by atoms with Gasteiger partial charge in [-0.1, -0.05) is 13.8 Å². The normalized spacial score (nSPS) is 24.0. The van der Waals surface area contributed by atoms with Gasteiger partial charge in [0.1, 0.15) is 0 Å². The van der Waals surface area contributed by atoms with Gasteiger partial charge < -0.3 is 10.1 Å². The minimum Gasteiger partial charge on any atom is -0.381 e. The summed E-state index contributed by atoms with van der Waals surface area (Å²) in [4.78, 5) is 5.77. The van der Waals surface area contributed by atoms with Gasteiger partial charge in [0, 0.05) is 29.5 Å². The van der Waals surface area contributed by atoms with Crippen LogP contribution < -0.4 is 5.32 Å². The monoisotopic (exact) mass is 268 g/mol. The zero-order valence-electron chi connectivity index (χ0n) is 11.7. The molecule has 1 aromatic heterocycles. The topological polar surface area (TPSA) is 34.2 Å². The minimum atomic E-state index is 0.334. The summed E-state index contributed by atoms with van der Waals surface area (Å²) in [5, 5.41) is 3.58. The molecule has 1 aromatic rings. The first-order valence-corrected chi connectivity index (χ1v) is 7.69. The summed E-state index contributed by atoms with van der Waals surface area (Å²) in [5.41, 5.74) is 3.49. The number of ether oxygens (including phenoxy) is 1. The molecule has 2 rings (SSSR count). The number of rotatable bonds is 6. The molecule has 0 aliphatic carbocycles. The van der Waals surface area contributed by atoms with E-state index in [4.69, 9.17) is 4.74 Å². The van der Waals surface area contributed by atoms with E-state index in [1.54, 1.807) is 11.3 Å². The smallest absolute Gasteiger partial charge is 0.0797 e. The number of hydrogen-bond donors (Lipinski definition) is 1. The van der Waals surface area contributed by atoms with E-state index in [9.17, 15) is 0 Å². The van der Waals surface area contributed by atoms with E-state index in [1.807, 2.05) is 5.51 Å². The third kappa shape index (κ3) is 3.53. The number of hydrogen-bond acceptors (Lipinski definition) is 4. The van der Waals surface area contributed by atoms with Crippen molar-refractivity contribution in [2.75, 3.05) is 19.8 Å². The Hall–Kier alpha value is -0.450. The predicted molar refractivity (Wildman–Crippen MR) is 76.2 cm³/mol. The fourth-order valence-corrected chi connectivity index (χ4v) is 3.22. The summed E-state index contributed by atoms with van der Waals surface area (Å²) < 4.78 is 5.64. The highest BCUT2D eigenvalue weighted by atomic mass is 32.1. The number of thiazole rings is 1. The first-order valence-electron chi connectivity index (χ1n) is 6.81. The molecule has 18 heavy (non-hydrogen) atoms. The molecule has 2 heterocycles. The largest absolute Gasteiger partial charge is 0.381 e. The number of aryl methyl sites for hydroxylation is 2. The van der Waals surface area contributed by atoms with Crippen molar-refractivity contribution in [3.8, 4) is 0 Å². The van der Waals surface area contributed by atoms with Crippen molar-refractivity contribution >= 4 is 11.3 Å². The Morgan fingerprint density at radius 1 is 1.56 bits per heavy atom. The summed E-state index contributed by atoms with van der Waals surface area (Å²) >= 11 is 1.78. The van der Waals surface area contributed by atoms with E-state index >= 15 is 0 Å². The Balaban J connectivity index is 1.92. The molecule has 102 valence electrons. The molecular formula is C14H24N2OS. The van der Waals surface area contributed by atoms with E-state index in [0.717, 1.165) is 26.2 Å². The fourth-order valence-electron chi connectivity index (χ4n) is 2.44. The Labute approximate surface area is 114 Å². The van der Waals surface area contributed by atoms with E-state index in [-0.39, 0.29) is 0 Å². The molecule has 1 aliphatic rings. The molecule has 1 atom stereocenters. The molecular weight excluding hydrogens is 244 g/mol. The zero-order chi connectivity index (χ0) is 13.0. The van der Waals surface area contributed by atoms with Gasteiger partial charge in [-0.25, -0.2) is 4.98 Å². The van der Waals surface area contributed by atoms with Gasteiger partial charge in [-0.3, -0.25) is 0 Å². The molecule has 0 aromatic carbocycles. The van der Waals surface area contributed by atoms with Crippen LogP contribution in [0.25, 0.3) is 0 Å². The van der Waals surface area contributed by atoms with Crippen molar-refractivity contribution in [1.29, 1.82) is 0 Å². The minimum absolute atomic E-state index is 0.334. The molecule has 0 amide bonds. The summed E-state index contributed by atoms with van der Waals surface area (Å²) in [6, 6.07) is 0.549. The van der Waals surface area contributed by atoms with Crippen molar-refractivity contribution in [3.05, 3.63) is 16.1 Å². The van der Waals surface area contributed by atoms with Crippen LogP contribution in [0.2, 0.25) is 0 Å². The van der Waals surface area contributed by atoms with Crippen LogP contribution in [-0.2, 0) is 11.2 Å². The van der Waals surface area contributed by atoms with Crippen molar-refractivity contribution in [3.63, 3.8) is 0 Å². The molecule has 0 bridgehead atoms. The fraction of sp³-hybridized carbons (Fsp3) is 0.786. The second-order valence-electron chi connectivity index (χ2n) is 5.70. The van der Waals surface area contributed by atoms with Crippen LogP contribution in [0.3, 0.4) is 0 Å². The highest BCUT2D eigenvalue weighted by Crippen LogP contribution is 2.34. The Kier molecular flexibility index (Phi) is 4.76. The Morgan fingerprint density at radius 2 is 2.39 bits per heavy atom. The van der Waals surface area contributed by atoms with E-state index in [1.165, 1.54) is 23.4 Å². The molecule has 1 fully saturated rings. The standard InChI is InChI=1S/C14H24N2OS/c1-11(2)15-8-14(6-7-17-9-14)5-4-13-12(3)16-10-18-13/h10-11,15H,4-9H2,1-3H3. The van der Waals surface area contributed by atoms with Crippen LogP contribution >= 0.6 is 11.3 Å². The van der Waals surface area contributed by atoms with E-state index in [0.29, 0.717) is 11.5 Å². The van der Waals surface area contributed by atoms with Gasteiger partial charge in [-0.15, -0.1) is 11.3 Å². The van der Waals surface area contributed by atoms with Gasteiger partial charge >= 0.3 is 0 Å². The average Bonchev–Trinajstić information content (AvgIpc) is 2.94. The maximum Gasteiger partial charge on any atom is 0.0797 e.